The van der Waals surface area contributed by atoms with Crippen molar-refractivity contribution >= 4 is 17.3 Å². The minimum Gasteiger partial charge on any atom is -0.480 e. The summed E-state index contributed by atoms with van der Waals surface area (Å²) < 4.78 is 0.841. The molecule has 0 saturated heterocycles. The highest BCUT2D eigenvalue weighted by Crippen LogP contribution is 2.24. The van der Waals surface area contributed by atoms with Gasteiger partial charge in [-0.3, -0.25) is 25.0 Å². The largest absolute Gasteiger partial charge is 0.480 e. The summed E-state index contributed by atoms with van der Waals surface area (Å²) >= 11 is 0. The molecule has 0 fully saturated rings. The van der Waals surface area contributed by atoms with Crippen LogP contribution in [0.4, 0.5) is 11.4 Å². The Bertz CT molecular complexity index is 613. The van der Waals surface area contributed by atoms with Gasteiger partial charge in [-0.05, 0) is 5.92 Å². The number of aromatic nitrogens is 1. The number of carboxylic acid groups (broad SMARTS) is 1. The predicted octanol–water partition coefficient (Wildman–Crippen LogP) is 1.34. The third-order valence-electron chi connectivity index (χ3n) is 3.16. The second kappa shape index (κ2) is 6.11. The second-order valence-corrected chi connectivity index (χ2v) is 4.49. The maximum atomic E-state index is 11.6. The molecule has 114 valence electrons. The Morgan fingerprint density at radius 2 is 1.71 bits per heavy atom. The maximum absolute atomic E-state index is 11.6. The van der Waals surface area contributed by atoms with Crippen LogP contribution in [-0.2, 0) is 4.79 Å². The molecular formula is C11H13N3O7. The fourth-order valence-electron chi connectivity index (χ4n) is 1.88. The molecule has 0 aromatic carbocycles. The zero-order valence-corrected chi connectivity index (χ0v) is 11.3. The Labute approximate surface area is 117 Å². The predicted molar refractivity (Wildman–Crippen MR) is 70.1 cm³/mol. The first-order chi connectivity index (χ1) is 9.70. The fraction of sp³-hybridized carbons (Fsp3) is 0.455. The van der Waals surface area contributed by atoms with E-state index in [9.17, 15) is 34.9 Å². The minimum atomic E-state index is -1.35. The van der Waals surface area contributed by atoms with E-state index in [1.54, 1.807) is 13.8 Å². The van der Waals surface area contributed by atoms with Crippen LogP contribution in [-0.4, -0.2) is 25.5 Å². The number of nitro groups is 2. The zero-order chi connectivity index (χ0) is 16.3. The summed E-state index contributed by atoms with van der Waals surface area (Å²) in [4.78, 5) is 42.4. The van der Waals surface area contributed by atoms with Crippen LogP contribution in [0.25, 0.3) is 0 Å². The molecule has 0 aliphatic carbocycles. The van der Waals surface area contributed by atoms with E-state index in [2.05, 4.69) is 0 Å². The molecule has 0 amide bonds. The number of pyridine rings is 1. The van der Waals surface area contributed by atoms with Gasteiger partial charge in [-0.2, -0.15) is 0 Å². The number of nitrogens with zero attached hydrogens (tertiary/aromatic N) is 3. The van der Waals surface area contributed by atoms with Crippen LogP contribution in [0.3, 0.4) is 0 Å². The van der Waals surface area contributed by atoms with E-state index >= 15 is 0 Å². The van der Waals surface area contributed by atoms with Crippen LogP contribution in [0.1, 0.15) is 26.3 Å². The van der Waals surface area contributed by atoms with E-state index in [1.165, 1.54) is 0 Å². The Morgan fingerprint density at radius 1 is 1.29 bits per heavy atom. The van der Waals surface area contributed by atoms with Crippen LogP contribution in [0.2, 0.25) is 0 Å². The SMILES string of the molecule is CC[C@H](C)[C@@H](C(=O)O)n1cc([N+](=O)[O-])c(=O)c([N+](=O)[O-])c1. The average Bonchev–Trinajstić information content (AvgIpc) is 2.39. The van der Waals surface area contributed by atoms with Crippen LogP contribution < -0.4 is 5.43 Å². The molecule has 0 aliphatic rings. The van der Waals surface area contributed by atoms with Gasteiger partial charge in [-0.25, -0.2) is 4.79 Å². The van der Waals surface area contributed by atoms with Crippen molar-refractivity contribution in [2.75, 3.05) is 0 Å². The molecule has 1 rings (SSSR count). The van der Waals surface area contributed by atoms with Crippen molar-refractivity contribution in [1.82, 2.24) is 4.57 Å². The summed E-state index contributed by atoms with van der Waals surface area (Å²) in [6.07, 6.45) is 1.88. The molecule has 1 aromatic rings. The maximum Gasteiger partial charge on any atom is 0.339 e. The van der Waals surface area contributed by atoms with Crippen molar-refractivity contribution in [3.8, 4) is 0 Å². The zero-order valence-electron chi connectivity index (χ0n) is 11.3. The number of hydrogen-bond donors (Lipinski definition) is 1. The van der Waals surface area contributed by atoms with Crippen molar-refractivity contribution in [2.24, 2.45) is 5.92 Å². The number of hydrogen-bond acceptors (Lipinski definition) is 6. The summed E-state index contributed by atoms with van der Waals surface area (Å²) in [5, 5.41) is 30.8. The lowest BCUT2D eigenvalue weighted by Crippen LogP contribution is -2.27. The molecule has 2 atom stereocenters. The molecule has 21 heavy (non-hydrogen) atoms. The van der Waals surface area contributed by atoms with Crippen LogP contribution in [0, 0.1) is 26.1 Å². The third-order valence-corrected chi connectivity index (χ3v) is 3.16. The Morgan fingerprint density at radius 3 is 2.00 bits per heavy atom. The molecule has 10 nitrogen and oxygen atoms in total. The third kappa shape index (κ3) is 3.22. The highest BCUT2D eigenvalue weighted by atomic mass is 16.6. The van der Waals surface area contributed by atoms with Gasteiger partial charge in [0.1, 0.15) is 6.04 Å². The molecule has 0 saturated carbocycles. The molecule has 1 N–H and O–H groups in total. The van der Waals surface area contributed by atoms with Gasteiger partial charge in [0.15, 0.2) is 0 Å². The highest BCUT2D eigenvalue weighted by molar-refractivity contribution is 5.72. The van der Waals surface area contributed by atoms with Crippen LogP contribution >= 0.6 is 0 Å². The molecule has 0 unspecified atom stereocenters. The molecule has 0 spiro atoms. The first-order valence-electron chi connectivity index (χ1n) is 5.98. The van der Waals surface area contributed by atoms with Gasteiger partial charge in [0.25, 0.3) is 0 Å². The molecule has 0 radical (unpaired) electrons. The van der Waals surface area contributed by atoms with Gasteiger partial charge in [0, 0.05) is 0 Å². The number of carbonyl (C=O) groups is 1. The van der Waals surface area contributed by atoms with E-state index in [1.807, 2.05) is 0 Å². The van der Waals surface area contributed by atoms with E-state index in [4.69, 9.17) is 0 Å². The van der Waals surface area contributed by atoms with Crippen molar-refractivity contribution in [3.05, 3.63) is 42.8 Å². The van der Waals surface area contributed by atoms with Crippen molar-refractivity contribution in [2.45, 2.75) is 26.3 Å². The summed E-state index contributed by atoms with van der Waals surface area (Å²) in [7, 11) is 0. The summed E-state index contributed by atoms with van der Waals surface area (Å²) in [6, 6.07) is -1.24. The fourth-order valence-corrected chi connectivity index (χ4v) is 1.88. The standard InChI is InChI=1S/C11H13N3O7/c1-3-6(2)9(11(16)17)12-4-7(13(18)19)10(15)8(5-12)14(20)21/h4-6,9H,3H2,1-2H3,(H,16,17)/t6-,9-/m0/s1. The van der Waals surface area contributed by atoms with Gasteiger partial charge in [0.2, 0.25) is 0 Å². The number of carboxylic acids is 1. The lowest BCUT2D eigenvalue weighted by molar-refractivity contribution is -0.397. The molecule has 0 bridgehead atoms. The highest BCUT2D eigenvalue weighted by Gasteiger charge is 2.31. The molecule has 10 heteroatoms. The quantitative estimate of drug-likeness (QED) is 0.615. The molecule has 0 aliphatic heterocycles. The molecule has 1 aromatic heterocycles. The Balaban J connectivity index is 3.62. The Kier molecular flexibility index (Phi) is 4.74. The van der Waals surface area contributed by atoms with E-state index in [0.717, 1.165) is 17.0 Å². The summed E-state index contributed by atoms with van der Waals surface area (Å²) in [5.74, 6) is -1.74. The Hall–Kier alpha value is -2.78. The van der Waals surface area contributed by atoms with E-state index in [0.29, 0.717) is 6.42 Å². The first kappa shape index (κ1) is 16.3. The normalized spacial score (nSPS) is 13.4. The van der Waals surface area contributed by atoms with Crippen molar-refractivity contribution in [1.29, 1.82) is 0 Å². The topological polar surface area (TPSA) is 146 Å². The average molecular weight is 299 g/mol. The second-order valence-electron chi connectivity index (χ2n) is 4.49. The van der Waals surface area contributed by atoms with Gasteiger partial charge >= 0.3 is 22.8 Å². The number of rotatable bonds is 6. The van der Waals surface area contributed by atoms with Gasteiger partial charge in [-0.15, -0.1) is 0 Å². The van der Waals surface area contributed by atoms with Crippen LogP contribution in [0.5, 0.6) is 0 Å². The van der Waals surface area contributed by atoms with Crippen molar-refractivity contribution in [3.63, 3.8) is 0 Å². The molecule has 1 heterocycles. The first-order valence-corrected chi connectivity index (χ1v) is 5.98. The minimum absolute atomic E-state index is 0.435. The summed E-state index contributed by atoms with van der Waals surface area (Å²) in [5.41, 5.74) is -3.41. The summed E-state index contributed by atoms with van der Waals surface area (Å²) in [6.45, 7) is 3.31. The van der Waals surface area contributed by atoms with E-state index in [-0.39, 0.29) is 0 Å². The lowest BCUT2D eigenvalue weighted by atomic mass is 9.99. The number of aliphatic carboxylic acids is 1. The molecular weight excluding hydrogens is 286 g/mol. The van der Waals surface area contributed by atoms with E-state index < -0.39 is 44.6 Å². The van der Waals surface area contributed by atoms with Crippen molar-refractivity contribution < 1.29 is 19.7 Å². The monoisotopic (exact) mass is 299 g/mol. The lowest BCUT2D eigenvalue weighted by Gasteiger charge is -2.21. The van der Waals surface area contributed by atoms with Gasteiger partial charge < -0.3 is 9.67 Å². The smallest absolute Gasteiger partial charge is 0.339 e. The van der Waals surface area contributed by atoms with Gasteiger partial charge in [0.05, 0.1) is 22.2 Å². The van der Waals surface area contributed by atoms with Gasteiger partial charge in [-0.1, -0.05) is 20.3 Å². The van der Waals surface area contributed by atoms with Crippen LogP contribution in [0.15, 0.2) is 17.2 Å².